The first-order valence-corrected chi connectivity index (χ1v) is 10.1. The molecule has 9 heteroatoms. The average Bonchev–Trinajstić information content (AvgIpc) is 3.06. The van der Waals surface area contributed by atoms with Crippen LogP contribution < -0.4 is 10.6 Å². The van der Waals surface area contributed by atoms with Gasteiger partial charge in [0.25, 0.3) is 0 Å². The Bertz CT molecular complexity index is 1360. The molecule has 0 amide bonds. The lowest BCUT2D eigenvalue weighted by atomic mass is 9.67. The number of methoxy groups -OCH3 is 2. The second kappa shape index (κ2) is 8.01. The molecule has 1 aliphatic carbocycles. The summed E-state index contributed by atoms with van der Waals surface area (Å²) in [6, 6.07) is 14.5. The van der Waals surface area contributed by atoms with Crippen LogP contribution in [0, 0.1) is 23.7 Å². The van der Waals surface area contributed by atoms with Crippen molar-refractivity contribution in [2.24, 2.45) is 11.1 Å². The van der Waals surface area contributed by atoms with Crippen molar-refractivity contribution in [3.8, 4) is 6.07 Å². The minimum Gasteiger partial charge on any atom is -0.466 e. The van der Waals surface area contributed by atoms with E-state index in [-0.39, 0.29) is 16.9 Å². The van der Waals surface area contributed by atoms with Crippen LogP contribution in [-0.2, 0) is 19.1 Å². The van der Waals surface area contributed by atoms with Gasteiger partial charge in [0, 0.05) is 16.8 Å². The highest BCUT2D eigenvalue weighted by Crippen LogP contribution is 2.53. The molecular weight excluding hydrogens is 438 g/mol. The summed E-state index contributed by atoms with van der Waals surface area (Å²) in [5.74, 6) is -4.24. The fourth-order valence-corrected chi connectivity index (χ4v) is 4.50. The number of allylic oxidation sites excluding steroid dienone is 1. The van der Waals surface area contributed by atoms with Crippen molar-refractivity contribution < 1.29 is 28.7 Å². The Kier molecular flexibility index (Phi) is 5.30. The molecule has 170 valence electrons. The zero-order chi connectivity index (χ0) is 24.8. The molecule has 2 aromatic rings. The quantitative estimate of drug-likeness (QED) is 0.542. The van der Waals surface area contributed by atoms with Crippen LogP contribution in [0.3, 0.4) is 0 Å². The highest BCUT2D eigenvalue weighted by molar-refractivity contribution is 6.37. The van der Waals surface area contributed by atoms with Crippen molar-refractivity contribution in [1.29, 1.82) is 5.26 Å². The zero-order valence-electron chi connectivity index (χ0n) is 18.5. The van der Waals surface area contributed by atoms with Gasteiger partial charge in [-0.25, -0.2) is 9.59 Å². The number of nitrogens with zero attached hydrogens (tertiary/aromatic N) is 2. The van der Waals surface area contributed by atoms with E-state index in [9.17, 15) is 24.4 Å². The smallest absolute Gasteiger partial charge is 0.355 e. The summed E-state index contributed by atoms with van der Waals surface area (Å²) in [6.45, 7) is 1.80. The molecule has 2 aliphatic rings. The molecule has 2 aromatic carbocycles. The minimum atomic E-state index is -2.49. The van der Waals surface area contributed by atoms with Crippen molar-refractivity contribution in [3.05, 3.63) is 87.9 Å². The van der Waals surface area contributed by atoms with Crippen LogP contribution in [0.25, 0.3) is 0 Å². The molecule has 1 aliphatic heterocycles. The molecule has 0 bridgehead atoms. The Hall–Kier alpha value is -4.71. The number of ketones is 2. The van der Waals surface area contributed by atoms with Crippen LogP contribution in [0.2, 0.25) is 0 Å². The second-order valence-electron chi connectivity index (χ2n) is 7.71. The normalized spacial score (nSPS) is 16.5. The number of carbonyl (C=O) groups excluding carboxylic acids is 4. The van der Waals surface area contributed by atoms with Gasteiger partial charge in [0.15, 0.2) is 17.0 Å². The third kappa shape index (κ3) is 2.79. The number of rotatable bonds is 3. The number of hydrogen-bond acceptors (Lipinski definition) is 9. The van der Waals surface area contributed by atoms with Gasteiger partial charge in [-0.3, -0.25) is 14.5 Å². The van der Waals surface area contributed by atoms with Gasteiger partial charge in [0.1, 0.15) is 17.6 Å². The molecule has 0 radical (unpaired) electrons. The van der Waals surface area contributed by atoms with Gasteiger partial charge in [-0.1, -0.05) is 36.4 Å². The first-order valence-electron chi connectivity index (χ1n) is 10.1. The van der Waals surface area contributed by atoms with Crippen LogP contribution in [0.1, 0.15) is 26.3 Å². The predicted octanol–water partition coefficient (Wildman–Crippen LogP) is 2.17. The maximum absolute atomic E-state index is 13.8. The number of nitriles is 1. The first kappa shape index (κ1) is 22.5. The highest BCUT2D eigenvalue weighted by atomic mass is 16.5. The maximum Gasteiger partial charge on any atom is 0.355 e. The Morgan fingerprint density at radius 3 is 2.06 bits per heavy atom. The molecule has 0 atom stereocenters. The molecule has 1 spiro atoms. The summed E-state index contributed by atoms with van der Waals surface area (Å²) in [6.07, 6.45) is 0. The third-order valence-corrected chi connectivity index (χ3v) is 5.94. The Labute approximate surface area is 194 Å². The Balaban J connectivity index is 2.20. The average molecular weight is 457 g/mol. The van der Waals surface area contributed by atoms with E-state index < -0.39 is 45.8 Å². The highest BCUT2D eigenvalue weighted by Gasteiger charge is 2.65. The Morgan fingerprint density at radius 1 is 0.971 bits per heavy atom. The summed E-state index contributed by atoms with van der Waals surface area (Å²) in [4.78, 5) is 55.1. The molecule has 0 unspecified atom stereocenters. The lowest BCUT2D eigenvalue weighted by Gasteiger charge is -2.39. The van der Waals surface area contributed by atoms with Crippen LogP contribution in [0.15, 0.2) is 71.2 Å². The second-order valence-corrected chi connectivity index (χ2v) is 7.71. The standard InChI is InChI=1S/C25H19N3O6/c1-13-7-6-8-14(11-13)28-19(24(32)34-3)18(23(31)33-2)25(17(12-26)22(28)27)20(29)15-9-4-5-10-16(15)21(25)30/h4-11H,27H2,1-3H3. The topological polar surface area (TPSA) is 140 Å². The number of benzene rings is 2. The number of carbonyl (C=O) groups is 4. The molecule has 0 aromatic heterocycles. The van der Waals surface area contributed by atoms with Gasteiger partial charge in [0.2, 0.25) is 0 Å². The molecule has 0 fully saturated rings. The van der Waals surface area contributed by atoms with Crippen LogP contribution in [0.4, 0.5) is 5.69 Å². The lowest BCUT2D eigenvalue weighted by Crippen LogP contribution is -2.51. The largest absolute Gasteiger partial charge is 0.466 e. The van der Waals surface area contributed by atoms with E-state index >= 15 is 0 Å². The number of esters is 2. The van der Waals surface area contributed by atoms with Crippen molar-refractivity contribution in [2.75, 3.05) is 19.1 Å². The first-order chi connectivity index (χ1) is 16.2. The molecule has 1 heterocycles. The number of nitrogens with two attached hydrogens (primary N) is 1. The SMILES string of the molecule is COC(=O)C1=C(C(=O)OC)C2(C(=O)c3ccccc3C2=O)C(C#N)=C(N)N1c1cccc(C)c1. The number of anilines is 1. The fourth-order valence-electron chi connectivity index (χ4n) is 4.50. The predicted molar refractivity (Wildman–Crippen MR) is 119 cm³/mol. The lowest BCUT2D eigenvalue weighted by molar-refractivity contribution is -0.140. The molecule has 34 heavy (non-hydrogen) atoms. The number of hydrogen-bond donors (Lipinski definition) is 1. The maximum atomic E-state index is 13.8. The number of fused-ring (bicyclic) bond motifs is 1. The summed E-state index contributed by atoms with van der Waals surface area (Å²) in [7, 11) is 2.12. The van der Waals surface area contributed by atoms with Crippen LogP contribution in [-0.4, -0.2) is 37.7 Å². The molecule has 4 rings (SSSR count). The van der Waals surface area contributed by atoms with Crippen LogP contribution >= 0.6 is 0 Å². The summed E-state index contributed by atoms with van der Waals surface area (Å²) < 4.78 is 9.86. The van der Waals surface area contributed by atoms with Gasteiger partial charge in [-0.15, -0.1) is 0 Å². The minimum absolute atomic E-state index is 0.00248. The van der Waals surface area contributed by atoms with Crippen LogP contribution in [0.5, 0.6) is 0 Å². The van der Waals surface area contributed by atoms with E-state index in [4.69, 9.17) is 15.2 Å². The fraction of sp³-hybridized carbons (Fsp3) is 0.160. The zero-order valence-corrected chi connectivity index (χ0v) is 18.5. The van der Waals surface area contributed by atoms with Gasteiger partial charge in [-0.05, 0) is 24.6 Å². The van der Waals surface area contributed by atoms with Gasteiger partial charge < -0.3 is 15.2 Å². The summed E-state index contributed by atoms with van der Waals surface area (Å²) >= 11 is 0. The van der Waals surface area contributed by atoms with E-state index in [1.54, 1.807) is 43.3 Å². The van der Waals surface area contributed by atoms with Crippen molar-refractivity contribution in [3.63, 3.8) is 0 Å². The molecule has 9 nitrogen and oxygen atoms in total. The molecular formula is C25H19N3O6. The van der Waals surface area contributed by atoms with Crippen molar-refractivity contribution in [2.45, 2.75) is 6.92 Å². The Morgan fingerprint density at radius 2 is 1.56 bits per heavy atom. The van der Waals surface area contributed by atoms with E-state index in [0.29, 0.717) is 5.69 Å². The monoisotopic (exact) mass is 457 g/mol. The van der Waals surface area contributed by atoms with E-state index in [0.717, 1.165) is 24.7 Å². The van der Waals surface area contributed by atoms with Gasteiger partial charge >= 0.3 is 11.9 Å². The van der Waals surface area contributed by atoms with E-state index in [1.807, 2.05) is 6.07 Å². The van der Waals surface area contributed by atoms with Crippen molar-refractivity contribution in [1.82, 2.24) is 0 Å². The molecule has 0 saturated heterocycles. The van der Waals surface area contributed by atoms with E-state index in [2.05, 4.69) is 0 Å². The molecule has 0 saturated carbocycles. The number of aryl methyl sites for hydroxylation is 1. The van der Waals surface area contributed by atoms with E-state index in [1.165, 1.54) is 12.1 Å². The van der Waals surface area contributed by atoms with Gasteiger partial charge in [-0.2, -0.15) is 5.26 Å². The number of Topliss-reactive ketones (excluding diaryl/α,β-unsaturated/α-hetero) is 2. The summed E-state index contributed by atoms with van der Waals surface area (Å²) in [5.41, 5.74) is 3.44. The summed E-state index contributed by atoms with van der Waals surface area (Å²) in [5, 5.41) is 10.2. The third-order valence-electron chi connectivity index (χ3n) is 5.94. The van der Waals surface area contributed by atoms with Gasteiger partial charge in [0.05, 0.1) is 25.4 Å². The number of ether oxygens (including phenoxy) is 2. The molecule has 2 N–H and O–H groups in total. The van der Waals surface area contributed by atoms with Crippen molar-refractivity contribution >= 4 is 29.2 Å².